The quantitative estimate of drug-likeness (QED) is 0.813. The Labute approximate surface area is 134 Å². The second kappa shape index (κ2) is 6.34. The van der Waals surface area contributed by atoms with Crippen LogP contribution in [-0.2, 0) is 16.2 Å². The van der Waals surface area contributed by atoms with E-state index >= 15 is 0 Å². The summed E-state index contributed by atoms with van der Waals surface area (Å²) in [6.07, 6.45) is -2.49. The van der Waals surface area contributed by atoms with E-state index in [9.17, 15) is 34.8 Å². The van der Waals surface area contributed by atoms with Crippen molar-refractivity contribution in [2.45, 2.75) is 30.9 Å². The van der Waals surface area contributed by atoms with Crippen molar-refractivity contribution in [2.75, 3.05) is 22.7 Å². The molecule has 136 valence electrons. The van der Waals surface area contributed by atoms with Crippen molar-refractivity contribution in [3.63, 3.8) is 0 Å². The van der Waals surface area contributed by atoms with Gasteiger partial charge in [0, 0.05) is 13.1 Å². The first kappa shape index (κ1) is 18.7. The molecule has 0 spiro atoms. The first-order valence-corrected chi connectivity index (χ1v) is 8.45. The summed E-state index contributed by atoms with van der Waals surface area (Å²) in [7, 11) is -5.82. The summed E-state index contributed by atoms with van der Waals surface area (Å²) in [5.41, 5.74) is -7.59. The molecule has 0 saturated carbocycles. The largest absolute Gasteiger partial charge is 0.516 e. The van der Waals surface area contributed by atoms with Crippen LogP contribution in [0.4, 0.5) is 37.7 Å². The lowest BCUT2D eigenvalue weighted by molar-refractivity contribution is -0.137. The van der Waals surface area contributed by atoms with Crippen LogP contribution in [0.15, 0.2) is 18.2 Å². The standard InChI is InChI=1S/C13H14F6N2O2S/c14-12(15,16)9-4-5-11(21-6-2-1-3-7-21)10(8-9)20-24(22,23)13(17,18)19/h4-5,8,20H,1-3,6-7H2. The van der Waals surface area contributed by atoms with E-state index in [4.69, 9.17) is 0 Å². The lowest BCUT2D eigenvalue weighted by Gasteiger charge is -2.31. The van der Waals surface area contributed by atoms with E-state index in [2.05, 4.69) is 0 Å². The predicted molar refractivity (Wildman–Crippen MR) is 76.1 cm³/mol. The molecule has 1 aromatic carbocycles. The number of nitrogens with zero attached hydrogens (tertiary/aromatic N) is 1. The molecule has 1 heterocycles. The van der Waals surface area contributed by atoms with Crippen LogP contribution in [0.5, 0.6) is 0 Å². The molecule has 11 heteroatoms. The monoisotopic (exact) mass is 376 g/mol. The van der Waals surface area contributed by atoms with Crippen molar-refractivity contribution in [2.24, 2.45) is 0 Å². The fourth-order valence-electron chi connectivity index (χ4n) is 2.41. The Hall–Kier alpha value is -1.65. The zero-order valence-corrected chi connectivity index (χ0v) is 13.0. The summed E-state index contributed by atoms with van der Waals surface area (Å²) >= 11 is 0. The van der Waals surface area contributed by atoms with E-state index < -0.39 is 33.0 Å². The van der Waals surface area contributed by atoms with Crippen LogP contribution in [0.2, 0.25) is 0 Å². The highest BCUT2D eigenvalue weighted by Crippen LogP contribution is 2.38. The van der Waals surface area contributed by atoms with Gasteiger partial charge in [0.05, 0.1) is 16.9 Å². The summed E-state index contributed by atoms with van der Waals surface area (Å²) < 4.78 is 99.8. The third kappa shape index (κ3) is 4.05. The van der Waals surface area contributed by atoms with Crippen molar-refractivity contribution in [1.29, 1.82) is 0 Å². The third-order valence-corrected chi connectivity index (χ3v) is 4.67. The van der Waals surface area contributed by atoms with Crippen LogP contribution < -0.4 is 9.62 Å². The minimum Gasteiger partial charge on any atom is -0.370 e. The highest BCUT2D eigenvalue weighted by molar-refractivity contribution is 7.93. The van der Waals surface area contributed by atoms with E-state index in [0.717, 1.165) is 18.6 Å². The number of benzene rings is 1. The summed E-state index contributed by atoms with van der Waals surface area (Å²) in [5.74, 6) is 0. The molecule has 0 amide bonds. The van der Waals surface area contributed by atoms with Crippen LogP contribution in [0.3, 0.4) is 0 Å². The molecule has 0 aliphatic carbocycles. The van der Waals surface area contributed by atoms with Gasteiger partial charge in [-0.25, -0.2) is 0 Å². The number of halogens is 6. The topological polar surface area (TPSA) is 49.4 Å². The number of piperidine rings is 1. The Balaban J connectivity index is 2.47. The second-order valence-corrected chi connectivity index (χ2v) is 7.00. The Morgan fingerprint density at radius 3 is 2.04 bits per heavy atom. The molecule has 1 aliphatic rings. The maximum Gasteiger partial charge on any atom is 0.516 e. The van der Waals surface area contributed by atoms with Crippen molar-refractivity contribution < 1.29 is 34.8 Å². The average Bonchev–Trinajstić information content (AvgIpc) is 2.45. The summed E-state index contributed by atoms with van der Waals surface area (Å²) in [5, 5.41) is 0. The molecule has 0 unspecified atom stereocenters. The zero-order valence-electron chi connectivity index (χ0n) is 12.2. The summed E-state index contributed by atoms with van der Waals surface area (Å²) in [4.78, 5) is 1.57. The molecular formula is C13H14F6N2O2S. The van der Waals surface area contributed by atoms with Gasteiger partial charge in [0.25, 0.3) is 0 Å². The molecule has 1 aliphatic heterocycles. The fourth-order valence-corrected chi connectivity index (χ4v) is 2.98. The number of rotatable bonds is 3. The van der Waals surface area contributed by atoms with Crippen LogP contribution in [0, 0.1) is 0 Å². The first-order chi connectivity index (χ1) is 10.9. The first-order valence-electron chi connectivity index (χ1n) is 6.97. The number of anilines is 2. The molecule has 1 saturated heterocycles. The molecule has 24 heavy (non-hydrogen) atoms. The Kier molecular flexibility index (Phi) is 4.93. The molecule has 0 aromatic heterocycles. The van der Waals surface area contributed by atoms with Crippen molar-refractivity contribution >= 4 is 21.4 Å². The maximum atomic E-state index is 12.8. The zero-order chi connectivity index (χ0) is 18.2. The Morgan fingerprint density at radius 1 is 0.958 bits per heavy atom. The van der Waals surface area contributed by atoms with Gasteiger partial charge in [-0.3, -0.25) is 4.72 Å². The highest BCUT2D eigenvalue weighted by Gasteiger charge is 2.46. The Bertz CT molecular complexity index is 693. The van der Waals surface area contributed by atoms with Gasteiger partial charge in [-0.2, -0.15) is 34.8 Å². The van der Waals surface area contributed by atoms with E-state index in [1.54, 1.807) is 4.90 Å². The number of sulfonamides is 1. The maximum absolute atomic E-state index is 12.8. The number of alkyl halides is 6. The molecule has 4 nitrogen and oxygen atoms in total. The van der Waals surface area contributed by atoms with Gasteiger partial charge in [0.2, 0.25) is 0 Å². The van der Waals surface area contributed by atoms with Crippen LogP contribution >= 0.6 is 0 Å². The van der Waals surface area contributed by atoms with Crippen molar-refractivity contribution in [3.8, 4) is 0 Å². The van der Waals surface area contributed by atoms with E-state index in [1.165, 1.54) is 4.72 Å². The van der Waals surface area contributed by atoms with Crippen molar-refractivity contribution in [1.82, 2.24) is 0 Å². The number of hydrogen-bond donors (Lipinski definition) is 1. The molecule has 0 atom stereocenters. The molecular weight excluding hydrogens is 362 g/mol. The van der Waals surface area contributed by atoms with Crippen LogP contribution in [0.25, 0.3) is 0 Å². The molecule has 2 rings (SSSR count). The van der Waals surface area contributed by atoms with E-state index in [1.807, 2.05) is 0 Å². The minimum absolute atomic E-state index is 0.00414. The molecule has 1 fully saturated rings. The van der Waals surface area contributed by atoms with Crippen LogP contribution in [-0.4, -0.2) is 27.0 Å². The van der Waals surface area contributed by atoms with Gasteiger partial charge < -0.3 is 4.90 Å². The smallest absolute Gasteiger partial charge is 0.370 e. The molecule has 1 N–H and O–H groups in total. The SMILES string of the molecule is O=S(=O)(Nc1cc(C(F)(F)F)ccc1N1CCCCC1)C(F)(F)F. The average molecular weight is 376 g/mol. The van der Waals surface area contributed by atoms with E-state index in [0.29, 0.717) is 32.0 Å². The van der Waals surface area contributed by atoms with Gasteiger partial charge in [-0.05, 0) is 37.5 Å². The van der Waals surface area contributed by atoms with Gasteiger partial charge in [-0.15, -0.1) is 0 Å². The summed E-state index contributed by atoms with van der Waals surface area (Å²) in [6, 6.07) is 2.09. The van der Waals surface area contributed by atoms with Gasteiger partial charge in [-0.1, -0.05) is 0 Å². The molecule has 0 bridgehead atoms. The normalized spacial score (nSPS) is 17.0. The fraction of sp³-hybridized carbons (Fsp3) is 0.538. The van der Waals surface area contributed by atoms with Crippen molar-refractivity contribution in [3.05, 3.63) is 23.8 Å². The second-order valence-electron chi connectivity index (χ2n) is 5.33. The lowest BCUT2D eigenvalue weighted by atomic mass is 10.1. The minimum atomic E-state index is -5.82. The third-order valence-electron chi connectivity index (χ3n) is 3.57. The molecule has 1 aromatic rings. The van der Waals surface area contributed by atoms with Gasteiger partial charge in [0.1, 0.15) is 0 Å². The van der Waals surface area contributed by atoms with Crippen LogP contribution in [0.1, 0.15) is 24.8 Å². The molecule has 0 radical (unpaired) electrons. The summed E-state index contributed by atoms with van der Waals surface area (Å²) in [6.45, 7) is 0.845. The van der Waals surface area contributed by atoms with E-state index in [-0.39, 0.29) is 5.69 Å². The lowest BCUT2D eigenvalue weighted by Crippen LogP contribution is -2.33. The Morgan fingerprint density at radius 2 is 1.54 bits per heavy atom. The number of nitrogens with one attached hydrogen (secondary N) is 1. The number of hydrogen-bond acceptors (Lipinski definition) is 3. The van der Waals surface area contributed by atoms with Gasteiger partial charge >= 0.3 is 21.7 Å². The highest BCUT2D eigenvalue weighted by atomic mass is 32.2. The predicted octanol–water partition coefficient (Wildman–Crippen LogP) is 3.96. The van der Waals surface area contributed by atoms with Gasteiger partial charge in [0.15, 0.2) is 0 Å².